The van der Waals surface area contributed by atoms with Gasteiger partial charge >= 0.3 is 5.97 Å². The Morgan fingerprint density at radius 2 is 1.89 bits per heavy atom. The number of esters is 1. The van der Waals surface area contributed by atoms with E-state index >= 15 is 0 Å². The summed E-state index contributed by atoms with van der Waals surface area (Å²) in [5.74, 6) is 2.00. The highest BCUT2D eigenvalue weighted by molar-refractivity contribution is 7.99. The lowest BCUT2D eigenvalue weighted by Crippen LogP contribution is -2.30. The molecule has 1 aliphatic heterocycles. The summed E-state index contributed by atoms with van der Waals surface area (Å²) in [4.78, 5) is 17.8. The van der Waals surface area contributed by atoms with Crippen molar-refractivity contribution in [3.63, 3.8) is 0 Å². The Morgan fingerprint density at radius 3 is 2.58 bits per heavy atom. The normalized spacial score (nSPS) is 15.0. The number of thioether (sulfide) groups is 1. The third kappa shape index (κ3) is 6.29. The van der Waals surface area contributed by atoms with E-state index < -0.39 is 6.04 Å². The molecule has 190 valence electrons. The number of anilines is 1. The van der Waals surface area contributed by atoms with Crippen molar-refractivity contribution in [2.75, 3.05) is 17.7 Å². The molecule has 0 spiro atoms. The number of nitrogens with zero attached hydrogens (tertiary/aromatic N) is 3. The molecular formula is C28H34N4O3S. The summed E-state index contributed by atoms with van der Waals surface area (Å²) in [6.45, 7) is 8.34. The van der Waals surface area contributed by atoms with Crippen LogP contribution in [-0.2, 0) is 16.0 Å². The number of ether oxygens (including phenoxy) is 2. The molecular weight excluding hydrogens is 472 g/mol. The quantitative estimate of drug-likeness (QED) is 0.193. The van der Waals surface area contributed by atoms with E-state index in [2.05, 4.69) is 29.4 Å². The van der Waals surface area contributed by atoms with E-state index in [9.17, 15) is 4.79 Å². The number of allylic oxidation sites excluding steroid dienone is 1. The molecule has 36 heavy (non-hydrogen) atoms. The van der Waals surface area contributed by atoms with Gasteiger partial charge in [-0.05, 0) is 50.5 Å². The van der Waals surface area contributed by atoms with Gasteiger partial charge in [-0.25, -0.2) is 9.48 Å². The highest BCUT2D eigenvalue weighted by Gasteiger charge is 2.35. The van der Waals surface area contributed by atoms with Gasteiger partial charge in [-0.1, -0.05) is 67.6 Å². The Morgan fingerprint density at radius 1 is 1.14 bits per heavy atom. The lowest BCUT2D eigenvalue weighted by Gasteiger charge is -2.28. The van der Waals surface area contributed by atoms with Crippen molar-refractivity contribution in [3.05, 3.63) is 77.0 Å². The third-order valence-electron chi connectivity index (χ3n) is 5.82. The molecule has 0 bridgehead atoms. The van der Waals surface area contributed by atoms with Gasteiger partial charge in [-0.15, -0.1) is 5.10 Å². The molecule has 1 aliphatic rings. The van der Waals surface area contributed by atoms with Crippen molar-refractivity contribution in [2.24, 2.45) is 0 Å². The van der Waals surface area contributed by atoms with Crippen LogP contribution in [0.4, 0.5) is 5.95 Å². The minimum atomic E-state index is -0.445. The first-order valence-electron chi connectivity index (χ1n) is 12.5. The number of fused-ring (bicyclic) bond motifs is 1. The summed E-state index contributed by atoms with van der Waals surface area (Å²) in [6.07, 6.45) is 2.83. The largest absolute Gasteiger partial charge is 0.493 e. The smallest absolute Gasteiger partial charge is 0.338 e. The summed E-state index contributed by atoms with van der Waals surface area (Å²) in [5, 5.41) is 8.72. The summed E-state index contributed by atoms with van der Waals surface area (Å²) in [6, 6.07) is 17.7. The van der Waals surface area contributed by atoms with Gasteiger partial charge in [0.2, 0.25) is 11.1 Å². The highest BCUT2D eigenvalue weighted by atomic mass is 32.2. The number of nitrogens with one attached hydrogen (secondary N) is 1. The molecule has 1 atom stereocenters. The number of rotatable bonds is 11. The first kappa shape index (κ1) is 25.8. The topological polar surface area (TPSA) is 78.3 Å². The molecule has 1 unspecified atom stereocenters. The molecule has 0 saturated heterocycles. The van der Waals surface area contributed by atoms with E-state index in [1.165, 1.54) is 5.56 Å². The van der Waals surface area contributed by atoms with Crippen molar-refractivity contribution < 1.29 is 14.3 Å². The number of hydrogen-bond donors (Lipinski definition) is 1. The van der Waals surface area contributed by atoms with Crippen LogP contribution in [-0.4, -0.2) is 39.2 Å². The van der Waals surface area contributed by atoms with E-state index in [1.807, 2.05) is 63.2 Å². The van der Waals surface area contributed by atoms with Gasteiger partial charge < -0.3 is 14.8 Å². The molecule has 2 heterocycles. The van der Waals surface area contributed by atoms with Crippen LogP contribution in [0.15, 0.2) is 71.0 Å². The Hall–Kier alpha value is -3.26. The molecule has 8 heteroatoms. The van der Waals surface area contributed by atoms with Crippen LogP contribution in [0.3, 0.4) is 0 Å². The van der Waals surface area contributed by atoms with Crippen molar-refractivity contribution in [2.45, 2.75) is 64.3 Å². The fraction of sp³-hybridized carbons (Fsp3) is 0.393. The van der Waals surface area contributed by atoms with Crippen LogP contribution in [0.2, 0.25) is 0 Å². The van der Waals surface area contributed by atoms with Gasteiger partial charge in [0.1, 0.15) is 11.8 Å². The summed E-state index contributed by atoms with van der Waals surface area (Å²) in [5.41, 5.74) is 3.41. The van der Waals surface area contributed by atoms with E-state index in [-0.39, 0.29) is 12.1 Å². The molecule has 0 fully saturated rings. The van der Waals surface area contributed by atoms with Gasteiger partial charge in [-0.3, -0.25) is 0 Å². The van der Waals surface area contributed by atoms with Gasteiger partial charge in [-0.2, -0.15) is 4.98 Å². The Bertz CT molecular complexity index is 1190. The van der Waals surface area contributed by atoms with Crippen LogP contribution in [0, 0.1) is 0 Å². The maximum absolute atomic E-state index is 13.2. The Labute approximate surface area is 217 Å². The molecule has 0 saturated carbocycles. The molecule has 1 N–H and O–H groups in total. The van der Waals surface area contributed by atoms with Crippen molar-refractivity contribution in [1.82, 2.24) is 14.8 Å². The Kier molecular flexibility index (Phi) is 8.70. The number of unbranched alkanes of at least 4 members (excludes halogenated alkanes) is 1. The predicted octanol–water partition coefficient (Wildman–Crippen LogP) is 6.03. The number of benzene rings is 2. The molecule has 2 aromatic carbocycles. The van der Waals surface area contributed by atoms with Crippen LogP contribution < -0.4 is 10.1 Å². The first-order valence-corrected chi connectivity index (χ1v) is 13.5. The second kappa shape index (κ2) is 12.1. The van der Waals surface area contributed by atoms with Crippen LogP contribution >= 0.6 is 11.8 Å². The van der Waals surface area contributed by atoms with Crippen LogP contribution in [0.1, 0.15) is 57.7 Å². The minimum absolute atomic E-state index is 0.226. The monoisotopic (exact) mass is 506 g/mol. The zero-order valence-electron chi connectivity index (χ0n) is 21.4. The zero-order chi connectivity index (χ0) is 25.5. The van der Waals surface area contributed by atoms with Gasteiger partial charge in [0.15, 0.2) is 0 Å². The predicted molar refractivity (Wildman–Crippen MR) is 143 cm³/mol. The summed E-state index contributed by atoms with van der Waals surface area (Å²) in [7, 11) is 0. The van der Waals surface area contributed by atoms with Crippen molar-refractivity contribution in [1.29, 1.82) is 0 Å². The molecule has 0 radical (unpaired) electrons. The fourth-order valence-corrected chi connectivity index (χ4v) is 4.94. The zero-order valence-corrected chi connectivity index (χ0v) is 22.2. The standard InChI is InChI=1S/C28H34N4O3S/c1-5-6-18-36-28-30-27-29-20(4)24(26(33)35-19(2)3)25(32(27)31-28)22-12-14-23(15-13-22)34-17-16-21-10-8-7-9-11-21/h7-15,19,25H,5-6,16-18H2,1-4H3,(H,29,30,31). The molecule has 0 aliphatic carbocycles. The second-order valence-electron chi connectivity index (χ2n) is 9.04. The van der Waals surface area contributed by atoms with Gasteiger partial charge in [0, 0.05) is 17.9 Å². The van der Waals surface area contributed by atoms with Crippen LogP contribution in [0.25, 0.3) is 0 Å². The Balaban J connectivity index is 1.57. The van der Waals surface area contributed by atoms with Gasteiger partial charge in [0.25, 0.3) is 0 Å². The summed E-state index contributed by atoms with van der Waals surface area (Å²) >= 11 is 1.63. The fourth-order valence-electron chi connectivity index (χ4n) is 4.03. The number of hydrogen-bond acceptors (Lipinski definition) is 7. The maximum atomic E-state index is 13.2. The highest BCUT2D eigenvalue weighted by Crippen LogP contribution is 2.37. The number of carbonyl (C=O) groups is 1. The molecule has 1 aromatic heterocycles. The van der Waals surface area contributed by atoms with Crippen LogP contribution in [0.5, 0.6) is 5.75 Å². The lowest BCUT2D eigenvalue weighted by atomic mass is 9.95. The van der Waals surface area contributed by atoms with E-state index in [0.29, 0.717) is 23.3 Å². The SMILES string of the molecule is CCCCSc1nc2n(n1)C(c1ccc(OCCc3ccccc3)cc1)C(C(=O)OC(C)C)=C(C)N2. The van der Waals surface area contributed by atoms with Gasteiger partial charge in [0.05, 0.1) is 18.3 Å². The van der Waals surface area contributed by atoms with E-state index in [4.69, 9.17) is 14.6 Å². The average Bonchev–Trinajstić information content (AvgIpc) is 3.26. The first-order chi connectivity index (χ1) is 17.5. The number of aromatic nitrogens is 3. The summed E-state index contributed by atoms with van der Waals surface area (Å²) < 4.78 is 13.4. The lowest BCUT2D eigenvalue weighted by molar-refractivity contribution is -0.143. The minimum Gasteiger partial charge on any atom is -0.493 e. The maximum Gasteiger partial charge on any atom is 0.338 e. The van der Waals surface area contributed by atoms with Crippen molar-refractivity contribution in [3.8, 4) is 5.75 Å². The van der Waals surface area contributed by atoms with E-state index in [0.717, 1.165) is 42.0 Å². The molecule has 3 aromatic rings. The van der Waals surface area contributed by atoms with E-state index in [1.54, 1.807) is 16.4 Å². The molecule has 7 nitrogen and oxygen atoms in total. The third-order valence-corrected chi connectivity index (χ3v) is 6.75. The average molecular weight is 507 g/mol. The second-order valence-corrected chi connectivity index (χ2v) is 10.1. The van der Waals surface area contributed by atoms with Crippen molar-refractivity contribution >= 4 is 23.7 Å². The molecule has 0 amide bonds. The number of carbonyl (C=O) groups excluding carboxylic acids is 1. The molecule has 4 rings (SSSR count).